The average Bonchev–Trinajstić information content (AvgIpc) is 3.32. The molecular weight excluding hydrogens is 466 g/mol. The normalized spacial score (nSPS) is 11.2. The number of hydrogen-bond acceptors (Lipinski definition) is 3. The average molecular weight is 490 g/mol. The minimum absolute atomic E-state index is 0.573. The molecule has 4 nitrogen and oxygen atoms in total. The molecule has 0 atom stereocenters. The summed E-state index contributed by atoms with van der Waals surface area (Å²) in [5, 5.41) is 2.39. The van der Waals surface area contributed by atoms with E-state index in [1.54, 1.807) is 6.20 Å². The molecule has 38 heavy (non-hydrogen) atoms. The Morgan fingerprint density at radius 3 is 2.16 bits per heavy atom. The second-order valence-corrected chi connectivity index (χ2v) is 9.12. The predicted molar refractivity (Wildman–Crippen MR) is 154 cm³/mol. The van der Waals surface area contributed by atoms with Crippen LogP contribution in [0.5, 0.6) is 11.6 Å². The van der Waals surface area contributed by atoms with Crippen molar-refractivity contribution >= 4 is 21.8 Å². The number of nitrogens with zero attached hydrogens (tertiary/aromatic N) is 3. The molecule has 0 aliphatic rings. The fourth-order valence-electron chi connectivity index (χ4n) is 5.06. The predicted octanol–water partition coefficient (Wildman–Crippen LogP) is 8.70. The van der Waals surface area contributed by atoms with Gasteiger partial charge in [-0.25, -0.2) is 9.97 Å². The van der Waals surface area contributed by atoms with Crippen molar-refractivity contribution in [1.82, 2.24) is 14.5 Å². The highest BCUT2D eigenvalue weighted by Gasteiger charge is 2.17. The third kappa shape index (κ3) is 3.89. The number of para-hydroxylation sites is 1. The lowest BCUT2D eigenvalue weighted by molar-refractivity contribution is 0.463. The Balaban J connectivity index is 1.42. The van der Waals surface area contributed by atoms with Gasteiger partial charge < -0.3 is 4.74 Å². The number of benzene rings is 4. The van der Waals surface area contributed by atoms with Crippen LogP contribution in [0.4, 0.5) is 0 Å². The minimum atomic E-state index is 0.573. The molecule has 7 rings (SSSR count). The molecule has 0 unspecified atom stereocenters. The van der Waals surface area contributed by atoms with Crippen molar-refractivity contribution in [3.63, 3.8) is 0 Å². The van der Waals surface area contributed by atoms with Gasteiger partial charge in [-0.05, 0) is 59.2 Å². The molecule has 0 N–H and O–H groups in total. The molecule has 0 aliphatic heterocycles. The second kappa shape index (κ2) is 9.34. The molecule has 4 aromatic carbocycles. The van der Waals surface area contributed by atoms with Crippen molar-refractivity contribution in [3.8, 4) is 39.7 Å². The number of aromatic nitrogens is 3. The van der Waals surface area contributed by atoms with Crippen LogP contribution in [0.15, 0.2) is 140 Å². The minimum Gasteiger partial charge on any atom is -0.439 e. The first kappa shape index (κ1) is 22.0. The van der Waals surface area contributed by atoms with Crippen LogP contribution in [0.1, 0.15) is 0 Å². The van der Waals surface area contributed by atoms with Crippen LogP contribution in [-0.4, -0.2) is 14.5 Å². The highest BCUT2D eigenvalue weighted by Crippen LogP contribution is 2.37. The highest BCUT2D eigenvalue weighted by molar-refractivity contribution is 6.10. The standard InChI is InChI=1S/C34H23N3O/c1-2-10-24(11-3-1)28-15-9-21-36-34(28)37-31-16-5-4-14-29(31)30-19-18-26(23-32(30)37)25-12-8-13-27(22-25)38-33-17-6-7-20-35-33/h1-23H. The first-order chi connectivity index (χ1) is 18.8. The van der Waals surface area contributed by atoms with Crippen LogP contribution < -0.4 is 4.74 Å². The molecular formula is C34H23N3O. The van der Waals surface area contributed by atoms with Crippen molar-refractivity contribution in [2.75, 3.05) is 0 Å². The molecule has 0 saturated carbocycles. The topological polar surface area (TPSA) is 39.9 Å². The summed E-state index contributed by atoms with van der Waals surface area (Å²) in [6.45, 7) is 0. The van der Waals surface area contributed by atoms with Crippen LogP contribution in [-0.2, 0) is 0 Å². The summed E-state index contributed by atoms with van der Waals surface area (Å²) >= 11 is 0. The summed E-state index contributed by atoms with van der Waals surface area (Å²) in [6, 6.07) is 43.5. The van der Waals surface area contributed by atoms with Gasteiger partial charge in [-0.15, -0.1) is 0 Å². The quantitative estimate of drug-likeness (QED) is 0.243. The van der Waals surface area contributed by atoms with E-state index in [1.807, 2.05) is 48.7 Å². The van der Waals surface area contributed by atoms with Crippen molar-refractivity contribution in [1.29, 1.82) is 0 Å². The summed E-state index contributed by atoms with van der Waals surface area (Å²) in [6.07, 6.45) is 3.60. The van der Waals surface area contributed by atoms with Gasteiger partial charge in [0.2, 0.25) is 5.88 Å². The van der Waals surface area contributed by atoms with E-state index in [9.17, 15) is 0 Å². The van der Waals surface area contributed by atoms with Gasteiger partial charge in [0, 0.05) is 34.8 Å². The molecule has 3 aromatic heterocycles. The number of hydrogen-bond donors (Lipinski definition) is 0. The third-order valence-electron chi connectivity index (χ3n) is 6.78. The molecule has 0 fully saturated rings. The summed E-state index contributed by atoms with van der Waals surface area (Å²) in [5.74, 6) is 2.23. The maximum Gasteiger partial charge on any atom is 0.219 e. The largest absolute Gasteiger partial charge is 0.439 e. The number of fused-ring (bicyclic) bond motifs is 3. The smallest absolute Gasteiger partial charge is 0.219 e. The van der Waals surface area contributed by atoms with Gasteiger partial charge in [-0.1, -0.05) is 78.9 Å². The van der Waals surface area contributed by atoms with Crippen molar-refractivity contribution in [2.24, 2.45) is 0 Å². The summed E-state index contributed by atoms with van der Waals surface area (Å²) in [5.41, 5.74) is 6.63. The zero-order valence-electron chi connectivity index (χ0n) is 20.5. The maximum absolute atomic E-state index is 6.01. The van der Waals surface area contributed by atoms with Crippen LogP contribution in [0, 0.1) is 0 Å². The molecule has 3 heterocycles. The van der Waals surface area contributed by atoms with Gasteiger partial charge in [0.1, 0.15) is 11.6 Å². The molecule has 0 aliphatic carbocycles. The Morgan fingerprint density at radius 2 is 1.26 bits per heavy atom. The zero-order chi connectivity index (χ0) is 25.3. The lowest BCUT2D eigenvalue weighted by Crippen LogP contribution is -2.00. The lowest BCUT2D eigenvalue weighted by Gasteiger charge is -2.13. The zero-order valence-corrected chi connectivity index (χ0v) is 20.5. The highest BCUT2D eigenvalue weighted by atomic mass is 16.5. The van der Waals surface area contributed by atoms with Gasteiger partial charge in [0.25, 0.3) is 0 Å². The summed E-state index contributed by atoms with van der Waals surface area (Å²) in [7, 11) is 0. The van der Waals surface area contributed by atoms with E-state index in [0.717, 1.165) is 44.9 Å². The van der Waals surface area contributed by atoms with E-state index < -0.39 is 0 Å². The van der Waals surface area contributed by atoms with E-state index in [2.05, 4.69) is 94.5 Å². The number of pyridine rings is 2. The van der Waals surface area contributed by atoms with E-state index in [0.29, 0.717) is 5.88 Å². The Morgan fingerprint density at radius 1 is 0.500 bits per heavy atom. The monoisotopic (exact) mass is 489 g/mol. The van der Waals surface area contributed by atoms with Gasteiger partial charge in [-0.3, -0.25) is 4.57 Å². The van der Waals surface area contributed by atoms with Crippen LogP contribution in [0.2, 0.25) is 0 Å². The van der Waals surface area contributed by atoms with Gasteiger partial charge in [-0.2, -0.15) is 0 Å². The molecule has 0 bridgehead atoms. The van der Waals surface area contributed by atoms with E-state index in [4.69, 9.17) is 9.72 Å². The van der Waals surface area contributed by atoms with Crippen molar-refractivity contribution in [3.05, 3.63) is 140 Å². The Hall–Kier alpha value is -5.22. The molecule has 0 saturated heterocycles. The molecule has 0 amide bonds. The van der Waals surface area contributed by atoms with Crippen LogP contribution in [0.3, 0.4) is 0 Å². The number of ether oxygens (including phenoxy) is 1. The molecule has 7 aromatic rings. The fraction of sp³-hybridized carbons (Fsp3) is 0. The van der Waals surface area contributed by atoms with E-state index >= 15 is 0 Å². The molecule has 0 spiro atoms. The molecule has 0 radical (unpaired) electrons. The van der Waals surface area contributed by atoms with Gasteiger partial charge in [0.05, 0.1) is 11.0 Å². The van der Waals surface area contributed by atoms with Crippen molar-refractivity contribution in [2.45, 2.75) is 0 Å². The van der Waals surface area contributed by atoms with Gasteiger partial charge >= 0.3 is 0 Å². The Labute approximate surface area is 220 Å². The third-order valence-corrected chi connectivity index (χ3v) is 6.78. The SMILES string of the molecule is c1ccc(-c2cccnc2-n2c3ccccc3c3ccc(-c4cccc(Oc5ccccn5)c4)cc32)cc1. The maximum atomic E-state index is 6.01. The van der Waals surface area contributed by atoms with Crippen molar-refractivity contribution < 1.29 is 4.74 Å². The van der Waals surface area contributed by atoms with Gasteiger partial charge in [0.15, 0.2) is 0 Å². The fourth-order valence-corrected chi connectivity index (χ4v) is 5.06. The first-order valence-electron chi connectivity index (χ1n) is 12.6. The lowest BCUT2D eigenvalue weighted by atomic mass is 10.0. The van der Waals surface area contributed by atoms with E-state index in [1.165, 1.54) is 10.8 Å². The summed E-state index contributed by atoms with van der Waals surface area (Å²) in [4.78, 5) is 9.18. The number of rotatable bonds is 5. The Kier molecular flexibility index (Phi) is 5.41. The first-order valence-corrected chi connectivity index (χ1v) is 12.6. The summed E-state index contributed by atoms with van der Waals surface area (Å²) < 4.78 is 8.29. The van der Waals surface area contributed by atoms with E-state index in [-0.39, 0.29) is 0 Å². The second-order valence-electron chi connectivity index (χ2n) is 9.12. The molecule has 4 heteroatoms. The Bertz CT molecular complexity index is 1890. The molecule has 180 valence electrons. The van der Waals surface area contributed by atoms with Crippen LogP contribution >= 0.6 is 0 Å². The van der Waals surface area contributed by atoms with Crippen LogP contribution in [0.25, 0.3) is 49.9 Å².